The van der Waals surface area contributed by atoms with Crippen LogP contribution in [0.1, 0.15) is 32.6 Å². The third-order valence-electron chi connectivity index (χ3n) is 3.69. The van der Waals surface area contributed by atoms with Gasteiger partial charge in [-0.05, 0) is 25.7 Å². The molecule has 1 saturated heterocycles. The maximum atomic E-state index is 12.0. The highest BCUT2D eigenvalue weighted by molar-refractivity contribution is 5.83. The van der Waals surface area contributed by atoms with Crippen LogP contribution >= 0.6 is 0 Å². The summed E-state index contributed by atoms with van der Waals surface area (Å²) < 4.78 is 5.34. The fraction of sp³-hybridized carbons (Fsp3) is 0.692. The molecular formula is C13H19NO3. The maximum absolute atomic E-state index is 12.0. The maximum Gasteiger partial charge on any atom is 0.330 e. The molecule has 1 amide bonds. The van der Waals surface area contributed by atoms with E-state index >= 15 is 0 Å². The van der Waals surface area contributed by atoms with E-state index < -0.39 is 0 Å². The standard InChI is InChI=1S/C13H19NO3/c1-3-7-14-10-8-9(13(14)16)5-6-11(10)17-12(15)4-2/h4,9-11H,2-3,5-8H2,1H3. The number of amides is 1. The minimum absolute atomic E-state index is 0.0881. The van der Waals surface area contributed by atoms with E-state index in [4.69, 9.17) is 4.74 Å². The minimum Gasteiger partial charge on any atom is -0.457 e. The average Bonchev–Trinajstić information content (AvgIpc) is 2.58. The van der Waals surface area contributed by atoms with E-state index in [1.807, 2.05) is 4.90 Å². The second kappa shape index (κ2) is 4.90. The van der Waals surface area contributed by atoms with Crippen molar-refractivity contribution in [2.24, 2.45) is 5.92 Å². The molecule has 4 nitrogen and oxygen atoms in total. The van der Waals surface area contributed by atoms with Crippen LogP contribution in [-0.2, 0) is 14.3 Å². The zero-order valence-electron chi connectivity index (χ0n) is 10.2. The van der Waals surface area contributed by atoms with Crippen molar-refractivity contribution in [1.29, 1.82) is 0 Å². The van der Waals surface area contributed by atoms with Gasteiger partial charge in [-0.1, -0.05) is 13.5 Å². The van der Waals surface area contributed by atoms with E-state index in [-0.39, 0.29) is 29.9 Å². The van der Waals surface area contributed by atoms with E-state index in [0.29, 0.717) is 0 Å². The quantitative estimate of drug-likeness (QED) is 0.550. The van der Waals surface area contributed by atoms with Gasteiger partial charge in [-0.2, -0.15) is 0 Å². The first-order valence-corrected chi connectivity index (χ1v) is 6.31. The average molecular weight is 237 g/mol. The van der Waals surface area contributed by atoms with Crippen molar-refractivity contribution in [3.8, 4) is 0 Å². The van der Waals surface area contributed by atoms with Crippen LogP contribution in [0.15, 0.2) is 12.7 Å². The van der Waals surface area contributed by atoms with Crippen LogP contribution in [0, 0.1) is 5.92 Å². The van der Waals surface area contributed by atoms with Crippen LogP contribution in [0.25, 0.3) is 0 Å². The van der Waals surface area contributed by atoms with Gasteiger partial charge in [0.2, 0.25) is 5.91 Å². The van der Waals surface area contributed by atoms with Crippen LogP contribution in [0.2, 0.25) is 0 Å². The van der Waals surface area contributed by atoms with Crippen LogP contribution in [0.5, 0.6) is 0 Å². The first-order valence-electron chi connectivity index (χ1n) is 6.31. The van der Waals surface area contributed by atoms with Gasteiger partial charge in [0.05, 0.1) is 6.04 Å². The normalized spacial score (nSPS) is 31.5. The fourth-order valence-corrected chi connectivity index (χ4v) is 2.92. The van der Waals surface area contributed by atoms with Gasteiger partial charge in [0.25, 0.3) is 0 Å². The van der Waals surface area contributed by atoms with E-state index in [1.54, 1.807) is 0 Å². The highest BCUT2D eigenvalue weighted by Crippen LogP contribution is 2.38. The number of ether oxygens (including phenoxy) is 1. The summed E-state index contributed by atoms with van der Waals surface area (Å²) in [5.74, 6) is 0.0171. The molecule has 1 aliphatic heterocycles. The van der Waals surface area contributed by atoms with Gasteiger partial charge in [0.1, 0.15) is 6.10 Å². The van der Waals surface area contributed by atoms with Crippen molar-refractivity contribution < 1.29 is 14.3 Å². The third-order valence-corrected chi connectivity index (χ3v) is 3.69. The van der Waals surface area contributed by atoms with Gasteiger partial charge < -0.3 is 9.64 Å². The lowest BCUT2D eigenvalue weighted by atomic mass is 9.88. The summed E-state index contributed by atoms with van der Waals surface area (Å²) in [6, 6.07) is 0.0881. The second-order valence-electron chi connectivity index (χ2n) is 4.79. The van der Waals surface area contributed by atoms with Crippen LogP contribution in [-0.4, -0.2) is 35.5 Å². The number of nitrogens with zero attached hydrogens (tertiary/aromatic N) is 1. The second-order valence-corrected chi connectivity index (χ2v) is 4.79. The number of carbonyl (C=O) groups excluding carboxylic acids is 2. The molecule has 1 aliphatic carbocycles. The Labute approximate surface area is 102 Å². The number of hydrogen-bond donors (Lipinski definition) is 0. The number of likely N-dealkylation sites (tertiary alicyclic amines) is 1. The van der Waals surface area contributed by atoms with Crippen molar-refractivity contribution in [3.63, 3.8) is 0 Å². The molecule has 1 heterocycles. The molecule has 0 spiro atoms. The highest BCUT2D eigenvalue weighted by atomic mass is 16.5. The Morgan fingerprint density at radius 3 is 3.00 bits per heavy atom. The van der Waals surface area contributed by atoms with Crippen LogP contribution in [0.3, 0.4) is 0 Å². The largest absolute Gasteiger partial charge is 0.457 e. The van der Waals surface area contributed by atoms with Gasteiger partial charge in [-0.15, -0.1) is 0 Å². The number of rotatable bonds is 4. The van der Waals surface area contributed by atoms with E-state index in [2.05, 4.69) is 13.5 Å². The summed E-state index contributed by atoms with van der Waals surface area (Å²) in [7, 11) is 0. The molecule has 0 aromatic carbocycles. The first kappa shape index (κ1) is 12.1. The molecule has 2 rings (SSSR count). The smallest absolute Gasteiger partial charge is 0.330 e. The van der Waals surface area contributed by atoms with Crippen molar-refractivity contribution in [2.75, 3.05) is 6.54 Å². The van der Waals surface area contributed by atoms with Gasteiger partial charge >= 0.3 is 5.97 Å². The summed E-state index contributed by atoms with van der Waals surface area (Å²) >= 11 is 0. The van der Waals surface area contributed by atoms with E-state index in [1.165, 1.54) is 6.08 Å². The molecule has 4 heteroatoms. The van der Waals surface area contributed by atoms with Gasteiger partial charge in [0.15, 0.2) is 0 Å². The zero-order valence-corrected chi connectivity index (χ0v) is 10.2. The highest BCUT2D eigenvalue weighted by Gasteiger charge is 2.47. The summed E-state index contributed by atoms with van der Waals surface area (Å²) in [6.07, 6.45) is 4.46. The Bertz CT molecular complexity index is 340. The predicted octanol–water partition coefficient (Wildman–Crippen LogP) is 1.51. The SMILES string of the molecule is C=CC(=O)OC1CCC2CC1N(CCC)C2=O. The Hall–Kier alpha value is -1.32. The number of esters is 1. The molecule has 0 aromatic rings. The van der Waals surface area contributed by atoms with Gasteiger partial charge in [-0.3, -0.25) is 4.79 Å². The van der Waals surface area contributed by atoms with Gasteiger partial charge in [0, 0.05) is 18.5 Å². The molecule has 2 aliphatic rings. The summed E-state index contributed by atoms with van der Waals surface area (Å²) in [4.78, 5) is 25.2. The zero-order chi connectivity index (χ0) is 12.4. The number of fused-ring (bicyclic) bond motifs is 2. The van der Waals surface area contributed by atoms with Crippen molar-refractivity contribution in [1.82, 2.24) is 4.90 Å². The molecule has 94 valence electrons. The van der Waals surface area contributed by atoms with E-state index in [0.717, 1.165) is 32.2 Å². The summed E-state index contributed by atoms with van der Waals surface area (Å²) in [6.45, 7) is 6.22. The van der Waals surface area contributed by atoms with Crippen molar-refractivity contribution >= 4 is 11.9 Å². The lowest BCUT2D eigenvalue weighted by molar-refractivity contribution is -0.148. The van der Waals surface area contributed by atoms with Gasteiger partial charge in [-0.25, -0.2) is 4.79 Å². The lowest BCUT2D eigenvalue weighted by Gasteiger charge is -2.31. The molecule has 2 fully saturated rings. The van der Waals surface area contributed by atoms with Crippen molar-refractivity contribution in [3.05, 3.63) is 12.7 Å². The molecule has 3 atom stereocenters. The Morgan fingerprint density at radius 2 is 2.35 bits per heavy atom. The topological polar surface area (TPSA) is 46.6 Å². The van der Waals surface area contributed by atoms with Crippen molar-refractivity contribution in [2.45, 2.75) is 44.8 Å². The number of carbonyl (C=O) groups is 2. The third kappa shape index (κ3) is 2.21. The molecule has 0 N–H and O–H groups in total. The summed E-state index contributed by atoms with van der Waals surface area (Å²) in [5, 5.41) is 0. The lowest BCUT2D eigenvalue weighted by Crippen LogP contribution is -2.43. The Balaban J connectivity index is 2.08. The molecule has 0 aromatic heterocycles. The van der Waals surface area contributed by atoms with Crippen LogP contribution < -0.4 is 0 Å². The molecule has 17 heavy (non-hydrogen) atoms. The summed E-state index contributed by atoms with van der Waals surface area (Å²) in [5.41, 5.74) is 0. The minimum atomic E-state index is -0.385. The monoisotopic (exact) mass is 237 g/mol. The Kier molecular flexibility index (Phi) is 3.50. The molecule has 3 unspecified atom stereocenters. The first-order chi connectivity index (χ1) is 8.17. The molecule has 2 bridgehead atoms. The molecule has 0 radical (unpaired) electrons. The van der Waals surface area contributed by atoms with E-state index in [9.17, 15) is 9.59 Å². The fourth-order valence-electron chi connectivity index (χ4n) is 2.92. The Morgan fingerprint density at radius 1 is 1.59 bits per heavy atom. The predicted molar refractivity (Wildman–Crippen MR) is 63.2 cm³/mol. The molecule has 1 saturated carbocycles. The van der Waals surface area contributed by atoms with Crippen LogP contribution in [0.4, 0.5) is 0 Å². The molecular weight excluding hydrogens is 218 g/mol. The number of hydrogen-bond acceptors (Lipinski definition) is 3.